The first-order valence-corrected chi connectivity index (χ1v) is 7.09. The van der Waals surface area contributed by atoms with Crippen LogP contribution in [-0.4, -0.2) is 87.3 Å². The van der Waals surface area contributed by atoms with Crippen molar-refractivity contribution < 1.29 is 35.1 Å². The molecule has 1 fully saturated rings. The summed E-state index contributed by atoms with van der Waals surface area (Å²) in [6.07, 6.45) is -4.16. The lowest BCUT2D eigenvalue weighted by Gasteiger charge is -2.42. The lowest BCUT2D eigenvalue weighted by molar-refractivity contribution is -0.318. The van der Waals surface area contributed by atoms with Crippen LogP contribution in [0.5, 0.6) is 0 Å². The topological polar surface area (TPSA) is 204 Å². The van der Waals surface area contributed by atoms with Crippen molar-refractivity contribution in [1.82, 2.24) is 5.32 Å². The van der Waals surface area contributed by atoms with Crippen LogP contribution in [0, 0.1) is 0 Å². The molecule has 5 atom stereocenters. The van der Waals surface area contributed by atoms with E-state index in [9.17, 15) is 25.2 Å². The van der Waals surface area contributed by atoms with E-state index < -0.39 is 49.3 Å². The number of hydrogen-bond acceptors (Lipinski definition) is 8. The van der Waals surface area contributed by atoms with Crippen molar-refractivity contribution in [3.05, 3.63) is 0 Å². The molecule has 134 valence electrons. The number of carbonyl (C=O) groups is 1. The molecular formula is C12H24N4O7. The molecule has 11 heteroatoms. The molecule has 23 heavy (non-hydrogen) atoms. The number of rotatable bonds is 8. The van der Waals surface area contributed by atoms with Gasteiger partial charge in [-0.05, 0) is 12.8 Å². The van der Waals surface area contributed by atoms with Gasteiger partial charge in [0, 0.05) is 6.54 Å². The van der Waals surface area contributed by atoms with Crippen LogP contribution in [0.4, 0.5) is 0 Å². The standard InChI is InChI=1S/C12H24N4O7/c13-11(14)15-3-1-2-6(10(20)21)16-5-12(22)9(19)8(18)7(17)4-23-12/h6-9,16-19,22H,1-5H2,(H,20,21)(H4,13,14,15)/t6-,7-,8-,9+,12-/m1/s1. The van der Waals surface area contributed by atoms with E-state index in [1.54, 1.807) is 0 Å². The predicted molar refractivity (Wildman–Crippen MR) is 78.3 cm³/mol. The fourth-order valence-electron chi connectivity index (χ4n) is 2.13. The van der Waals surface area contributed by atoms with Crippen molar-refractivity contribution in [3.63, 3.8) is 0 Å². The molecule has 10 N–H and O–H groups in total. The molecule has 1 heterocycles. The highest BCUT2D eigenvalue weighted by Crippen LogP contribution is 2.23. The third kappa shape index (κ3) is 5.57. The molecule has 1 aliphatic rings. The second kappa shape index (κ2) is 8.38. The van der Waals surface area contributed by atoms with Gasteiger partial charge >= 0.3 is 5.97 Å². The second-order valence-corrected chi connectivity index (χ2v) is 5.38. The minimum Gasteiger partial charge on any atom is -0.480 e. The molecule has 0 unspecified atom stereocenters. The average molecular weight is 336 g/mol. The summed E-state index contributed by atoms with van der Waals surface area (Å²) in [4.78, 5) is 14.9. The molecule has 0 amide bonds. The molecule has 0 aromatic heterocycles. The fourth-order valence-corrected chi connectivity index (χ4v) is 2.13. The Morgan fingerprint density at radius 3 is 2.61 bits per heavy atom. The molecule has 0 saturated carbocycles. The fraction of sp³-hybridized carbons (Fsp3) is 0.833. The summed E-state index contributed by atoms with van der Waals surface area (Å²) < 4.78 is 4.93. The molecule has 1 rings (SSSR count). The quantitative estimate of drug-likeness (QED) is 0.122. The number of hydrogen-bond donors (Lipinski definition) is 8. The van der Waals surface area contributed by atoms with Gasteiger partial charge in [0.1, 0.15) is 24.4 Å². The van der Waals surface area contributed by atoms with E-state index in [-0.39, 0.29) is 18.9 Å². The Morgan fingerprint density at radius 2 is 2.04 bits per heavy atom. The minimum atomic E-state index is -2.20. The minimum absolute atomic E-state index is 0.0922. The maximum Gasteiger partial charge on any atom is 0.320 e. The molecule has 1 aliphatic heterocycles. The first-order valence-electron chi connectivity index (χ1n) is 7.09. The van der Waals surface area contributed by atoms with Crippen molar-refractivity contribution >= 4 is 11.9 Å². The van der Waals surface area contributed by atoms with Crippen LogP contribution in [0.1, 0.15) is 12.8 Å². The molecule has 0 aromatic carbocycles. The maximum atomic E-state index is 11.2. The zero-order chi connectivity index (χ0) is 17.6. The summed E-state index contributed by atoms with van der Waals surface area (Å²) in [5, 5.41) is 50.5. The van der Waals surface area contributed by atoms with Crippen LogP contribution >= 0.6 is 0 Å². The number of carboxylic acid groups (broad SMARTS) is 1. The second-order valence-electron chi connectivity index (χ2n) is 5.38. The lowest BCUT2D eigenvalue weighted by Crippen LogP contribution is -2.65. The zero-order valence-corrected chi connectivity index (χ0v) is 12.5. The molecular weight excluding hydrogens is 312 g/mol. The first kappa shape index (κ1) is 19.5. The number of guanidine groups is 1. The first-order chi connectivity index (χ1) is 10.7. The van der Waals surface area contributed by atoms with Crippen molar-refractivity contribution in [1.29, 1.82) is 0 Å². The van der Waals surface area contributed by atoms with Crippen LogP contribution in [0.25, 0.3) is 0 Å². The van der Waals surface area contributed by atoms with Crippen LogP contribution in [0.3, 0.4) is 0 Å². The van der Waals surface area contributed by atoms with Gasteiger partial charge in [-0.2, -0.15) is 0 Å². The summed E-state index contributed by atoms with van der Waals surface area (Å²) in [5.41, 5.74) is 10.3. The normalized spacial score (nSPS) is 32.3. The van der Waals surface area contributed by atoms with E-state index in [1.165, 1.54) is 0 Å². The molecule has 0 bridgehead atoms. The average Bonchev–Trinajstić information content (AvgIpc) is 2.48. The predicted octanol–water partition coefficient (Wildman–Crippen LogP) is -4.12. The van der Waals surface area contributed by atoms with E-state index in [2.05, 4.69) is 10.3 Å². The SMILES string of the molecule is NC(N)=NCCC[C@@H](NC[C@@]1(O)OC[C@@H](O)[C@@H](O)[C@@H]1O)C(=O)O. The highest BCUT2D eigenvalue weighted by molar-refractivity contribution is 5.75. The third-order valence-electron chi connectivity index (χ3n) is 3.53. The Hall–Kier alpha value is -1.50. The number of aliphatic imine (C=N–C) groups is 1. The number of aliphatic hydroxyl groups is 4. The number of nitrogens with zero attached hydrogens (tertiary/aromatic N) is 1. The van der Waals surface area contributed by atoms with E-state index in [0.29, 0.717) is 6.42 Å². The molecule has 0 aromatic rings. The number of nitrogens with one attached hydrogen (secondary N) is 1. The monoisotopic (exact) mass is 336 g/mol. The Balaban J connectivity index is 2.54. The van der Waals surface area contributed by atoms with E-state index in [0.717, 1.165) is 0 Å². The van der Waals surface area contributed by atoms with E-state index in [1.807, 2.05) is 0 Å². The van der Waals surface area contributed by atoms with Crippen LogP contribution in [0.2, 0.25) is 0 Å². The highest BCUT2D eigenvalue weighted by Gasteiger charge is 2.48. The summed E-state index contributed by atoms with van der Waals surface area (Å²) >= 11 is 0. The third-order valence-corrected chi connectivity index (χ3v) is 3.53. The zero-order valence-electron chi connectivity index (χ0n) is 12.5. The molecule has 1 saturated heterocycles. The van der Waals surface area contributed by atoms with Crippen molar-refractivity contribution in [2.24, 2.45) is 16.5 Å². The largest absolute Gasteiger partial charge is 0.480 e. The molecule has 0 spiro atoms. The van der Waals surface area contributed by atoms with Gasteiger partial charge in [-0.15, -0.1) is 0 Å². The smallest absolute Gasteiger partial charge is 0.320 e. The maximum absolute atomic E-state index is 11.2. The summed E-state index contributed by atoms with van der Waals surface area (Å²) in [6.45, 7) is -0.585. The Bertz CT molecular complexity index is 432. The summed E-state index contributed by atoms with van der Waals surface area (Å²) in [6, 6.07) is -1.03. The van der Waals surface area contributed by atoms with E-state index in [4.69, 9.17) is 21.3 Å². The van der Waals surface area contributed by atoms with Gasteiger partial charge in [0.05, 0.1) is 13.2 Å². The van der Waals surface area contributed by atoms with Crippen molar-refractivity contribution in [2.75, 3.05) is 19.7 Å². The van der Waals surface area contributed by atoms with E-state index >= 15 is 0 Å². The number of carboxylic acids is 1. The van der Waals surface area contributed by atoms with Crippen LogP contribution in [0.15, 0.2) is 4.99 Å². The Morgan fingerprint density at radius 1 is 1.39 bits per heavy atom. The Labute approximate surface area is 132 Å². The van der Waals surface area contributed by atoms with Gasteiger partial charge in [0.25, 0.3) is 0 Å². The van der Waals surface area contributed by atoms with Crippen molar-refractivity contribution in [2.45, 2.75) is 43.0 Å². The highest BCUT2D eigenvalue weighted by atomic mass is 16.6. The molecule has 11 nitrogen and oxygen atoms in total. The van der Waals surface area contributed by atoms with Gasteiger partial charge in [0.2, 0.25) is 5.79 Å². The molecule has 0 radical (unpaired) electrons. The lowest BCUT2D eigenvalue weighted by atomic mass is 9.96. The summed E-state index contributed by atoms with van der Waals surface area (Å²) in [5.74, 6) is -3.46. The van der Waals surface area contributed by atoms with Gasteiger partial charge in [-0.25, -0.2) is 0 Å². The Kier molecular flexibility index (Phi) is 7.12. The molecule has 0 aliphatic carbocycles. The van der Waals surface area contributed by atoms with Gasteiger partial charge in [0.15, 0.2) is 5.96 Å². The van der Waals surface area contributed by atoms with Gasteiger partial charge in [-0.1, -0.05) is 0 Å². The number of ether oxygens (including phenoxy) is 1. The van der Waals surface area contributed by atoms with Crippen LogP contribution in [-0.2, 0) is 9.53 Å². The number of aliphatic carboxylic acids is 1. The number of nitrogens with two attached hydrogens (primary N) is 2. The van der Waals surface area contributed by atoms with Gasteiger partial charge in [-0.3, -0.25) is 15.1 Å². The van der Waals surface area contributed by atoms with Gasteiger partial charge < -0.3 is 41.7 Å². The summed E-state index contributed by atoms with van der Waals surface area (Å²) in [7, 11) is 0. The number of aliphatic hydroxyl groups excluding tert-OH is 3. The van der Waals surface area contributed by atoms with Crippen molar-refractivity contribution in [3.8, 4) is 0 Å². The van der Waals surface area contributed by atoms with Crippen LogP contribution < -0.4 is 16.8 Å².